The summed E-state index contributed by atoms with van der Waals surface area (Å²) in [5.41, 5.74) is 1.09. The predicted molar refractivity (Wildman–Crippen MR) is 109 cm³/mol. The molecule has 0 bridgehead atoms. The molecule has 0 amide bonds. The summed E-state index contributed by atoms with van der Waals surface area (Å²) in [6.45, 7) is 6.42. The van der Waals surface area contributed by atoms with Gasteiger partial charge in [-0.1, -0.05) is 57.2 Å². The summed E-state index contributed by atoms with van der Waals surface area (Å²) in [7, 11) is -3.84. The molecule has 0 saturated carbocycles. The fraction of sp³-hybridized carbons (Fsp3) is 0.182. The SMILES string of the molecule is CC(C)(C)c1ccc2c(c1)c1c(c3cc4ccccc4cc32)=NS(=O)(=O)N=1. The fourth-order valence-corrected chi connectivity index (χ4v) is 4.66. The van der Waals surface area contributed by atoms with Crippen molar-refractivity contribution in [3.05, 3.63) is 70.9 Å². The number of fused-ring (bicyclic) bond motifs is 7. The maximum absolute atomic E-state index is 12.2. The van der Waals surface area contributed by atoms with Crippen LogP contribution in [0.5, 0.6) is 0 Å². The highest BCUT2D eigenvalue weighted by atomic mass is 32.2. The van der Waals surface area contributed by atoms with Crippen LogP contribution in [-0.4, -0.2) is 8.42 Å². The highest BCUT2D eigenvalue weighted by molar-refractivity contribution is 7.88. The van der Waals surface area contributed by atoms with Gasteiger partial charge in [0.1, 0.15) is 10.7 Å². The van der Waals surface area contributed by atoms with E-state index in [1.165, 1.54) is 0 Å². The third-order valence-corrected chi connectivity index (χ3v) is 6.04. The van der Waals surface area contributed by atoms with Gasteiger partial charge in [-0.25, -0.2) is 0 Å². The van der Waals surface area contributed by atoms with Crippen LogP contribution in [0.25, 0.3) is 32.3 Å². The van der Waals surface area contributed by atoms with E-state index in [9.17, 15) is 8.42 Å². The molecule has 27 heavy (non-hydrogen) atoms. The number of benzene rings is 4. The van der Waals surface area contributed by atoms with Gasteiger partial charge in [0.05, 0.1) is 0 Å². The first-order chi connectivity index (χ1) is 12.7. The minimum atomic E-state index is -3.84. The van der Waals surface area contributed by atoms with Crippen molar-refractivity contribution >= 4 is 42.5 Å². The molecule has 0 spiro atoms. The molecule has 5 heteroatoms. The molecule has 0 radical (unpaired) electrons. The van der Waals surface area contributed by atoms with Crippen molar-refractivity contribution in [2.24, 2.45) is 8.80 Å². The van der Waals surface area contributed by atoms with Crippen LogP contribution in [0, 0.1) is 0 Å². The monoisotopic (exact) mass is 374 g/mol. The van der Waals surface area contributed by atoms with E-state index in [1.54, 1.807) is 0 Å². The van der Waals surface area contributed by atoms with Crippen molar-refractivity contribution in [1.29, 1.82) is 0 Å². The first-order valence-electron chi connectivity index (χ1n) is 8.87. The summed E-state index contributed by atoms with van der Waals surface area (Å²) >= 11 is 0. The van der Waals surface area contributed by atoms with Gasteiger partial charge in [0.25, 0.3) is 0 Å². The molecule has 4 nitrogen and oxygen atoms in total. The topological polar surface area (TPSA) is 58.9 Å². The lowest BCUT2D eigenvalue weighted by molar-refractivity contribution is 0.591. The van der Waals surface area contributed by atoms with Crippen molar-refractivity contribution in [3.63, 3.8) is 0 Å². The van der Waals surface area contributed by atoms with E-state index in [-0.39, 0.29) is 5.41 Å². The molecule has 0 fully saturated rings. The van der Waals surface area contributed by atoms with Crippen molar-refractivity contribution < 1.29 is 8.42 Å². The average molecular weight is 374 g/mol. The highest BCUT2D eigenvalue weighted by Gasteiger charge is 2.21. The molecule has 0 aliphatic carbocycles. The Kier molecular flexibility index (Phi) is 3.12. The summed E-state index contributed by atoms with van der Waals surface area (Å²) < 4.78 is 32.3. The Balaban J connectivity index is 2.09. The van der Waals surface area contributed by atoms with Crippen molar-refractivity contribution in [2.45, 2.75) is 26.2 Å². The van der Waals surface area contributed by atoms with E-state index in [1.807, 2.05) is 24.3 Å². The second kappa shape index (κ2) is 5.14. The van der Waals surface area contributed by atoms with Gasteiger partial charge < -0.3 is 0 Å². The maximum Gasteiger partial charge on any atom is 0.364 e. The molecule has 1 aliphatic rings. The van der Waals surface area contributed by atoms with Crippen LogP contribution < -0.4 is 10.7 Å². The molecule has 5 rings (SSSR count). The first kappa shape index (κ1) is 16.4. The lowest BCUT2D eigenvalue weighted by Gasteiger charge is -2.19. The Morgan fingerprint density at radius 1 is 0.704 bits per heavy atom. The van der Waals surface area contributed by atoms with Crippen LogP contribution in [-0.2, 0) is 15.6 Å². The first-order valence-corrected chi connectivity index (χ1v) is 10.3. The summed E-state index contributed by atoms with van der Waals surface area (Å²) in [6, 6.07) is 18.4. The molecular formula is C22H18N2O2S. The molecule has 0 unspecified atom stereocenters. The van der Waals surface area contributed by atoms with Gasteiger partial charge in [-0.3, -0.25) is 0 Å². The van der Waals surface area contributed by atoms with Crippen molar-refractivity contribution in [1.82, 2.24) is 0 Å². The van der Waals surface area contributed by atoms with Gasteiger partial charge in [0.2, 0.25) is 0 Å². The van der Waals surface area contributed by atoms with E-state index in [2.05, 4.69) is 59.9 Å². The summed E-state index contributed by atoms with van der Waals surface area (Å²) in [4.78, 5) is 0. The number of hydrogen-bond acceptors (Lipinski definition) is 2. The third-order valence-electron chi connectivity index (χ3n) is 5.21. The van der Waals surface area contributed by atoms with E-state index < -0.39 is 10.2 Å². The van der Waals surface area contributed by atoms with Crippen LogP contribution in [0.4, 0.5) is 0 Å². The second-order valence-electron chi connectivity index (χ2n) is 8.08. The average Bonchev–Trinajstić information content (AvgIpc) is 2.95. The van der Waals surface area contributed by atoms with Crippen molar-refractivity contribution in [3.8, 4) is 0 Å². The minimum absolute atomic E-state index is 0.0476. The van der Waals surface area contributed by atoms with Gasteiger partial charge in [0, 0.05) is 10.8 Å². The van der Waals surface area contributed by atoms with Crippen LogP contribution in [0.1, 0.15) is 26.3 Å². The van der Waals surface area contributed by atoms with Crippen LogP contribution in [0.3, 0.4) is 0 Å². The summed E-state index contributed by atoms with van der Waals surface area (Å²) in [5.74, 6) is 0. The molecule has 0 N–H and O–H groups in total. The van der Waals surface area contributed by atoms with Gasteiger partial charge in [-0.2, -0.15) is 8.42 Å². The molecular weight excluding hydrogens is 356 g/mol. The molecule has 1 aliphatic heterocycles. The quantitative estimate of drug-likeness (QED) is 0.346. The molecule has 0 aromatic heterocycles. The highest BCUT2D eigenvalue weighted by Crippen LogP contribution is 2.30. The van der Waals surface area contributed by atoms with E-state index in [0.717, 1.165) is 37.9 Å². The van der Waals surface area contributed by atoms with Gasteiger partial charge in [0.15, 0.2) is 0 Å². The Morgan fingerprint density at radius 2 is 1.26 bits per heavy atom. The number of hydrogen-bond donors (Lipinski definition) is 0. The van der Waals surface area contributed by atoms with Gasteiger partial charge >= 0.3 is 10.2 Å². The van der Waals surface area contributed by atoms with Crippen LogP contribution in [0.2, 0.25) is 0 Å². The molecule has 0 saturated heterocycles. The Hall–Kier alpha value is -2.79. The molecule has 4 aromatic rings. The zero-order valence-electron chi connectivity index (χ0n) is 15.3. The summed E-state index contributed by atoms with van der Waals surface area (Å²) in [5, 5.41) is 6.74. The molecule has 1 heterocycles. The lowest BCUT2D eigenvalue weighted by atomic mass is 9.85. The molecule has 4 aromatic carbocycles. The Morgan fingerprint density at radius 3 is 1.85 bits per heavy atom. The van der Waals surface area contributed by atoms with Crippen molar-refractivity contribution in [2.75, 3.05) is 0 Å². The third kappa shape index (κ3) is 2.46. The zero-order chi connectivity index (χ0) is 19.0. The smallest absolute Gasteiger partial charge is 0.179 e. The largest absolute Gasteiger partial charge is 0.364 e. The van der Waals surface area contributed by atoms with E-state index in [0.29, 0.717) is 10.7 Å². The standard InChI is InChI=1S/C22H18N2O2S/c1-22(2,3)15-8-9-16-17-10-13-6-4-5-7-14(13)11-18(17)20-21(19(16)12-15)24-27(25,26)23-20/h4-12H,1-3H3. The second-order valence-corrected chi connectivity index (χ2v) is 9.34. The van der Waals surface area contributed by atoms with Crippen LogP contribution >= 0.6 is 0 Å². The maximum atomic E-state index is 12.2. The van der Waals surface area contributed by atoms with E-state index in [4.69, 9.17) is 0 Å². The molecule has 0 atom stereocenters. The molecule has 134 valence electrons. The fourth-order valence-electron chi connectivity index (χ4n) is 3.79. The summed E-state index contributed by atoms with van der Waals surface area (Å²) in [6.07, 6.45) is 0. The number of rotatable bonds is 0. The van der Waals surface area contributed by atoms with Gasteiger partial charge in [-0.05, 0) is 50.7 Å². The zero-order valence-corrected chi connectivity index (χ0v) is 16.1. The number of nitrogens with zero attached hydrogens (tertiary/aromatic N) is 2. The minimum Gasteiger partial charge on any atom is -0.179 e. The van der Waals surface area contributed by atoms with E-state index >= 15 is 0 Å². The van der Waals surface area contributed by atoms with Crippen LogP contribution in [0.15, 0.2) is 63.4 Å². The normalized spacial score (nSPS) is 15.7. The van der Waals surface area contributed by atoms with Gasteiger partial charge in [-0.15, -0.1) is 8.80 Å². The predicted octanol–water partition coefficient (Wildman–Crippen LogP) is 3.94. The lowest BCUT2D eigenvalue weighted by Crippen LogP contribution is -2.24. The Labute approximate surface area is 157 Å². The Bertz CT molecular complexity index is 1510.